The lowest BCUT2D eigenvalue weighted by Gasteiger charge is -2.20. The quantitative estimate of drug-likeness (QED) is 0.800. The third kappa shape index (κ3) is 4.31. The Morgan fingerprint density at radius 2 is 1.80 bits per heavy atom. The molecule has 0 radical (unpaired) electrons. The number of aliphatic hydroxyl groups is 2. The Kier molecular flexibility index (Phi) is 5.71. The molecular weight excluding hydrogens is 260 g/mol. The molecule has 0 fully saturated rings. The van der Waals surface area contributed by atoms with E-state index in [-0.39, 0.29) is 44.0 Å². The first-order valence-corrected chi connectivity index (χ1v) is 6.76. The van der Waals surface area contributed by atoms with Crippen molar-refractivity contribution in [1.82, 2.24) is 9.88 Å². The fourth-order valence-electron chi connectivity index (χ4n) is 1.76. The minimum absolute atomic E-state index is 0.0922. The summed E-state index contributed by atoms with van der Waals surface area (Å²) in [5.74, 6) is 0.960. The maximum absolute atomic E-state index is 12.1. The molecule has 20 heavy (non-hydrogen) atoms. The van der Waals surface area contributed by atoms with E-state index in [0.717, 1.165) is 0 Å². The highest BCUT2D eigenvalue weighted by atomic mass is 16.4. The van der Waals surface area contributed by atoms with Crippen LogP contribution in [0, 0.1) is 6.92 Å². The summed E-state index contributed by atoms with van der Waals surface area (Å²) < 4.78 is 5.67. The van der Waals surface area contributed by atoms with Gasteiger partial charge in [-0.2, -0.15) is 0 Å². The topological polar surface area (TPSA) is 86.8 Å². The highest BCUT2D eigenvalue weighted by molar-refractivity contribution is 5.78. The van der Waals surface area contributed by atoms with Gasteiger partial charge in [-0.1, -0.05) is 20.8 Å². The normalized spacial score (nSPS) is 11.7. The predicted molar refractivity (Wildman–Crippen MR) is 74.4 cm³/mol. The van der Waals surface area contributed by atoms with Crippen molar-refractivity contribution < 1.29 is 19.4 Å². The van der Waals surface area contributed by atoms with Crippen molar-refractivity contribution in [2.24, 2.45) is 0 Å². The molecule has 114 valence electrons. The van der Waals surface area contributed by atoms with Crippen LogP contribution in [0.1, 0.15) is 38.1 Å². The highest BCUT2D eigenvalue weighted by Crippen LogP contribution is 2.24. The number of carbonyl (C=O) groups is 1. The molecule has 0 atom stereocenters. The molecule has 1 aromatic heterocycles. The first kappa shape index (κ1) is 16.7. The van der Waals surface area contributed by atoms with Gasteiger partial charge in [0.05, 0.1) is 25.3 Å². The average molecular weight is 284 g/mol. The second kappa shape index (κ2) is 6.85. The summed E-state index contributed by atoms with van der Waals surface area (Å²) in [7, 11) is 0. The zero-order valence-electron chi connectivity index (χ0n) is 12.6. The van der Waals surface area contributed by atoms with Crippen molar-refractivity contribution in [1.29, 1.82) is 0 Å². The number of aliphatic hydroxyl groups excluding tert-OH is 2. The fourth-order valence-corrected chi connectivity index (χ4v) is 1.76. The molecule has 0 saturated heterocycles. The zero-order valence-corrected chi connectivity index (χ0v) is 12.6. The molecule has 0 aliphatic rings. The number of carbonyl (C=O) groups excluding carboxylic acids is 1. The fraction of sp³-hybridized carbons (Fsp3) is 0.714. The Balaban J connectivity index is 2.81. The molecule has 1 amide bonds. The number of hydrogen-bond acceptors (Lipinski definition) is 5. The van der Waals surface area contributed by atoms with Crippen molar-refractivity contribution in [2.45, 2.75) is 39.5 Å². The summed E-state index contributed by atoms with van der Waals surface area (Å²) in [5.41, 5.74) is 0.498. The van der Waals surface area contributed by atoms with Gasteiger partial charge in [-0.25, -0.2) is 4.98 Å². The zero-order chi connectivity index (χ0) is 15.3. The molecule has 0 aliphatic heterocycles. The van der Waals surface area contributed by atoms with Crippen molar-refractivity contribution in [3.8, 4) is 0 Å². The Labute approximate surface area is 119 Å². The molecule has 0 saturated carbocycles. The lowest BCUT2D eigenvalue weighted by molar-refractivity contribution is -0.131. The molecule has 1 rings (SSSR count). The molecule has 6 heteroatoms. The van der Waals surface area contributed by atoms with Gasteiger partial charge in [0.2, 0.25) is 5.91 Å². The van der Waals surface area contributed by atoms with E-state index in [1.807, 2.05) is 27.7 Å². The molecule has 6 nitrogen and oxygen atoms in total. The van der Waals surface area contributed by atoms with Gasteiger partial charge >= 0.3 is 0 Å². The van der Waals surface area contributed by atoms with Gasteiger partial charge in [0.1, 0.15) is 5.76 Å². The maximum atomic E-state index is 12.1. The summed E-state index contributed by atoms with van der Waals surface area (Å²) in [4.78, 5) is 17.9. The van der Waals surface area contributed by atoms with Crippen molar-refractivity contribution in [3.63, 3.8) is 0 Å². The van der Waals surface area contributed by atoms with Gasteiger partial charge in [-0.3, -0.25) is 4.79 Å². The molecular formula is C14H24N2O4. The van der Waals surface area contributed by atoms with E-state index < -0.39 is 0 Å². The molecule has 2 N–H and O–H groups in total. The SMILES string of the molecule is Cc1nc(C(C)(C)C)oc1CC(=O)N(CCO)CCO. The number of nitrogens with zero attached hydrogens (tertiary/aromatic N) is 2. The molecule has 0 bridgehead atoms. The standard InChI is InChI=1S/C14H24N2O4/c1-10-11(20-13(15-10)14(2,3)4)9-12(19)16(5-7-17)6-8-18/h17-18H,5-9H2,1-4H3. The van der Waals surface area contributed by atoms with E-state index in [1.54, 1.807) is 0 Å². The van der Waals surface area contributed by atoms with E-state index in [0.29, 0.717) is 17.3 Å². The van der Waals surface area contributed by atoms with Crippen molar-refractivity contribution in [3.05, 3.63) is 17.3 Å². The van der Waals surface area contributed by atoms with Crippen molar-refractivity contribution in [2.75, 3.05) is 26.3 Å². The molecule has 0 aromatic carbocycles. The number of rotatable bonds is 6. The Bertz CT molecular complexity index is 443. The van der Waals surface area contributed by atoms with Crippen LogP contribution in [-0.2, 0) is 16.6 Å². The summed E-state index contributed by atoms with van der Waals surface area (Å²) in [6.45, 7) is 7.94. The van der Waals surface area contributed by atoms with Crippen LogP contribution < -0.4 is 0 Å². The Morgan fingerprint density at radius 3 is 2.20 bits per heavy atom. The minimum atomic E-state index is -0.206. The van der Waals surface area contributed by atoms with Gasteiger partial charge in [0, 0.05) is 18.5 Å². The van der Waals surface area contributed by atoms with E-state index >= 15 is 0 Å². The lowest BCUT2D eigenvalue weighted by atomic mass is 9.97. The molecule has 0 aliphatic carbocycles. The number of aryl methyl sites for hydroxylation is 1. The van der Waals surface area contributed by atoms with E-state index in [4.69, 9.17) is 14.6 Å². The lowest BCUT2D eigenvalue weighted by Crippen LogP contribution is -2.36. The van der Waals surface area contributed by atoms with Crippen LogP contribution >= 0.6 is 0 Å². The van der Waals surface area contributed by atoms with Gasteiger partial charge in [0.25, 0.3) is 0 Å². The third-order valence-electron chi connectivity index (χ3n) is 2.94. The first-order valence-electron chi connectivity index (χ1n) is 6.76. The van der Waals surface area contributed by atoms with E-state index in [1.165, 1.54) is 4.90 Å². The third-order valence-corrected chi connectivity index (χ3v) is 2.94. The number of oxazole rings is 1. The van der Waals surface area contributed by atoms with Gasteiger partial charge in [0.15, 0.2) is 5.89 Å². The van der Waals surface area contributed by atoms with Crippen LogP contribution in [0.2, 0.25) is 0 Å². The summed E-state index contributed by atoms with van der Waals surface area (Å²) in [6.07, 6.45) is 0.0922. The van der Waals surface area contributed by atoms with Crippen LogP contribution in [0.15, 0.2) is 4.42 Å². The molecule has 1 heterocycles. The van der Waals surface area contributed by atoms with Crippen LogP contribution in [0.5, 0.6) is 0 Å². The highest BCUT2D eigenvalue weighted by Gasteiger charge is 2.24. The van der Waals surface area contributed by atoms with Gasteiger partial charge in [-0.15, -0.1) is 0 Å². The number of hydrogen-bond donors (Lipinski definition) is 2. The summed E-state index contributed by atoms with van der Waals surface area (Å²) >= 11 is 0. The van der Waals surface area contributed by atoms with Crippen LogP contribution in [0.4, 0.5) is 0 Å². The summed E-state index contributed by atoms with van der Waals surface area (Å²) in [5, 5.41) is 17.9. The first-order chi connectivity index (χ1) is 9.29. The Hall–Kier alpha value is -1.40. The van der Waals surface area contributed by atoms with E-state index in [9.17, 15) is 4.79 Å². The molecule has 1 aromatic rings. The Morgan fingerprint density at radius 1 is 1.25 bits per heavy atom. The van der Waals surface area contributed by atoms with Gasteiger partial charge < -0.3 is 19.5 Å². The monoisotopic (exact) mass is 284 g/mol. The van der Waals surface area contributed by atoms with Crippen molar-refractivity contribution >= 4 is 5.91 Å². The van der Waals surface area contributed by atoms with Crippen LogP contribution in [0.3, 0.4) is 0 Å². The smallest absolute Gasteiger partial charge is 0.230 e. The average Bonchev–Trinajstić information content (AvgIpc) is 2.70. The molecule has 0 spiro atoms. The van der Waals surface area contributed by atoms with Crippen LogP contribution in [-0.4, -0.2) is 52.3 Å². The second-order valence-electron chi connectivity index (χ2n) is 5.78. The summed E-state index contributed by atoms with van der Waals surface area (Å²) in [6, 6.07) is 0. The van der Waals surface area contributed by atoms with E-state index in [2.05, 4.69) is 4.98 Å². The molecule has 0 unspecified atom stereocenters. The van der Waals surface area contributed by atoms with Crippen LogP contribution in [0.25, 0.3) is 0 Å². The number of aromatic nitrogens is 1. The maximum Gasteiger partial charge on any atom is 0.230 e. The minimum Gasteiger partial charge on any atom is -0.444 e. The predicted octanol–water partition coefficient (Wildman–Crippen LogP) is 0.636. The second-order valence-corrected chi connectivity index (χ2v) is 5.78. The van der Waals surface area contributed by atoms with Gasteiger partial charge in [-0.05, 0) is 6.92 Å². The number of amides is 1. The largest absolute Gasteiger partial charge is 0.444 e.